The molecule has 1 saturated heterocycles. The third-order valence-electron chi connectivity index (χ3n) is 4.81. The third kappa shape index (κ3) is 3.60. The van der Waals surface area contributed by atoms with Gasteiger partial charge in [0.25, 0.3) is 0 Å². The van der Waals surface area contributed by atoms with Crippen LogP contribution in [0.3, 0.4) is 0 Å². The molecule has 8 heteroatoms. The zero-order valence-corrected chi connectivity index (χ0v) is 15.3. The van der Waals surface area contributed by atoms with Crippen molar-refractivity contribution in [2.24, 2.45) is 13.0 Å². The van der Waals surface area contributed by atoms with Gasteiger partial charge in [-0.2, -0.15) is 5.10 Å². The second kappa shape index (κ2) is 7.73. The monoisotopic (exact) mass is 381 g/mol. The molecular formula is C18H21ClFN3O3. The summed E-state index contributed by atoms with van der Waals surface area (Å²) in [5.74, 6) is -1.24. The Balaban J connectivity index is 1.67. The number of nitrogens with zero attached hydrogens (tertiary/aromatic N) is 2. The van der Waals surface area contributed by atoms with Crippen molar-refractivity contribution in [2.45, 2.75) is 25.6 Å². The van der Waals surface area contributed by atoms with Crippen LogP contribution < -0.4 is 5.32 Å². The summed E-state index contributed by atoms with van der Waals surface area (Å²) in [6.07, 6.45) is 0.674. The fraction of sp³-hybridized carbons (Fsp3) is 0.444. The van der Waals surface area contributed by atoms with Crippen molar-refractivity contribution in [1.29, 1.82) is 0 Å². The van der Waals surface area contributed by atoms with E-state index in [4.69, 9.17) is 16.3 Å². The second-order valence-corrected chi connectivity index (χ2v) is 6.80. The van der Waals surface area contributed by atoms with Gasteiger partial charge < -0.3 is 15.2 Å². The summed E-state index contributed by atoms with van der Waals surface area (Å²) >= 11 is 5.95. The lowest BCUT2D eigenvalue weighted by molar-refractivity contribution is -0.127. The second-order valence-electron chi connectivity index (χ2n) is 6.39. The minimum Gasteiger partial charge on any atom is -0.386 e. The lowest BCUT2D eigenvalue weighted by atomic mass is 9.94. The molecule has 1 aromatic heterocycles. The van der Waals surface area contributed by atoms with E-state index in [1.807, 2.05) is 14.0 Å². The van der Waals surface area contributed by atoms with Crippen LogP contribution in [0.4, 0.5) is 4.39 Å². The Labute approximate surface area is 155 Å². The Hall–Kier alpha value is -1.96. The highest BCUT2D eigenvalue weighted by atomic mass is 35.5. The zero-order chi connectivity index (χ0) is 18.8. The highest BCUT2D eigenvalue weighted by Crippen LogP contribution is 2.36. The smallest absolute Gasteiger partial charge is 0.226 e. The summed E-state index contributed by atoms with van der Waals surface area (Å²) in [4.78, 5) is 12.6. The fourth-order valence-electron chi connectivity index (χ4n) is 3.22. The lowest BCUT2D eigenvalue weighted by Gasteiger charge is -2.20. The van der Waals surface area contributed by atoms with Crippen molar-refractivity contribution in [3.8, 4) is 0 Å². The van der Waals surface area contributed by atoms with Gasteiger partial charge in [-0.05, 0) is 25.5 Å². The Morgan fingerprint density at radius 2 is 2.35 bits per heavy atom. The van der Waals surface area contributed by atoms with E-state index in [0.717, 1.165) is 11.3 Å². The first-order chi connectivity index (χ1) is 12.4. The SMILES string of the molecule is Cc1c([C@H]2OCC[C@@H]2C(=O)NC[C@H](O)c2c(F)cccc2Cl)cnn1C. The Morgan fingerprint density at radius 1 is 1.58 bits per heavy atom. The summed E-state index contributed by atoms with van der Waals surface area (Å²) in [6.45, 7) is 2.26. The molecule has 0 aliphatic carbocycles. The van der Waals surface area contributed by atoms with E-state index in [-0.39, 0.29) is 35.1 Å². The standard InChI is InChI=1S/C18H21ClFN3O3/c1-10-12(8-22-23(10)2)17-11(6-7-26-17)18(25)21-9-15(24)16-13(19)4-3-5-14(16)20/h3-5,8,11,15,17,24H,6-7,9H2,1-2H3,(H,21,25)/t11-,15-,17-/m0/s1. The highest BCUT2D eigenvalue weighted by molar-refractivity contribution is 6.31. The number of benzene rings is 1. The number of hydrogen-bond donors (Lipinski definition) is 2. The Kier molecular flexibility index (Phi) is 5.60. The van der Waals surface area contributed by atoms with Crippen molar-refractivity contribution < 1.29 is 19.0 Å². The van der Waals surface area contributed by atoms with Crippen molar-refractivity contribution in [3.63, 3.8) is 0 Å². The molecule has 140 valence electrons. The average molecular weight is 382 g/mol. The number of hydrogen-bond acceptors (Lipinski definition) is 4. The molecule has 1 amide bonds. The number of aliphatic hydroxyl groups is 1. The van der Waals surface area contributed by atoms with Gasteiger partial charge in [0.2, 0.25) is 5.91 Å². The van der Waals surface area contributed by atoms with Gasteiger partial charge in [0, 0.05) is 42.0 Å². The molecule has 2 N–H and O–H groups in total. The molecule has 1 fully saturated rings. The van der Waals surface area contributed by atoms with Crippen LogP contribution in [0.15, 0.2) is 24.4 Å². The first-order valence-electron chi connectivity index (χ1n) is 8.40. The lowest BCUT2D eigenvalue weighted by Crippen LogP contribution is -2.35. The number of carbonyl (C=O) groups excluding carboxylic acids is 1. The third-order valence-corrected chi connectivity index (χ3v) is 5.14. The van der Waals surface area contributed by atoms with Crippen LogP contribution in [-0.2, 0) is 16.6 Å². The van der Waals surface area contributed by atoms with E-state index in [1.165, 1.54) is 18.2 Å². The number of rotatable bonds is 5. The minimum absolute atomic E-state index is 0.0169. The topological polar surface area (TPSA) is 76.4 Å². The van der Waals surface area contributed by atoms with Crippen molar-refractivity contribution in [2.75, 3.05) is 13.2 Å². The van der Waals surface area contributed by atoms with E-state index in [1.54, 1.807) is 10.9 Å². The molecular weight excluding hydrogens is 361 g/mol. The van der Waals surface area contributed by atoms with Crippen molar-refractivity contribution in [3.05, 3.63) is 52.1 Å². The summed E-state index contributed by atoms with van der Waals surface area (Å²) in [5.41, 5.74) is 1.80. The molecule has 3 rings (SSSR count). The molecule has 0 radical (unpaired) electrons. The van der Waals surface area contributed by atoms with Gasteiger partial charge >= 0.3 is 0 Å². The summed E-state index contributed by atoms with van der Waals surface area (Å²) in [6, 6.07) is 4.18. The highest BCUT2D eigenvalue weighted by Gasteiger charge is 2.37. The molecule has 6 nitrogen and oxygen atoms in total. The molecule has 0 unspecified atom stereocenters. The first-order valence-corrected chi connectivity index (χ1v) is 8.77. The van der Waals surface area contributed by atoms with E-state index in [0.29, 0.717) is 13.0 Å². The normalized spacial score (nSPS) is 21.0. The molecule has 2 heterocycles. The van der Waals surface area contributed by atoms with Crippen LogP contribution in [0.5, 0.6) is 0 Å². The van der Waals surface area contributed by atoms with E-state index < -0.39 is 11.9 Å². The van der Waals surface area contributed by atoms with Gasteiger partial charge in [0.1, 0.15) is 11.9 Å². The van der Waals surface area contributed by atoms with Crippen LogP contribution >= 0.6 is 11.6 Å². The average Bonchev–Trinajstić information content (AvgIpc) is 3.20. The predicted octanol–water partition coefficient (Wildman–Crippen LogP) is 2.45. The molecule has 0 spiro atoms. The maximum Gasteiger partial charge on any atom is 0.226 e. The largest absolute Gasteiger partial charge is 0.386 e. The van der Waals surface area contributed by atoms with Gasteiger partial charge in [0.15, 0.2) is 0 Å². The number of carbonyl (C=O) groups is 1. The van der Waals surface area contributed by atoms with Gasteiger partial charge in [-0.1, -0.05) is 17.7 Å². The van der Waals surface area contributed by atoms with Gasteiger partial charge in [-0.25, -0.2) is 4.39 Å². The number of amides is 1. The zero-order valence-electron chi connectivity index (χ0n) is 14.6. The van der Waals surface area contributed by atoms with Gasteiger partial charge in [-0.15, -0.1) is 0 Å². The van der Waals surface area contributed by atoms with Crippen LogP contribution in [0.2, 0.25) is 5.02 Å². The van der Waals surface area contributed by atoms with E-state index >= 15 is 0 Å². The molecule has 1 aromatic carbocycles. The van der Waals surface area contributed by atoms with Crippen LogP contribution in [0, 0.1) is 18.7 Å². The number of halogens is 2. The molecule has 26 heavy (non-hydrogen) atoms. The molecule has 1 aliphatic rings. The van der Waals surface area contributed by atoms with E-state index in [2.05, 4.69) is 10.4 Å². The molecule has 0 saturated carbocycles. The number of aryl methyl sites for hydroxylation is 1. The maximum atomic E-state index is 13.9. The quantitative estimate of drug-likeness (QED) is 0.834. The summed E-state index contributed by atoms with van der Waals surface area (Å²) < 4.78 is 21.3. The van der Waals surface area contributed by atoms with Crippen molar-refractivity contribution in [1.82, 2.24) is 15.1 Å². The number of nitrogens with one attached hydrogen (secondary N) is 1. The summed E-state index contributed by atoms with van der Waals surface area (Å²) in [5, 5.41) is 17.2. The van der Waals surface area contributed by atoms with Crippen LogP contribution in [0.1, 0.15) is 35.4 Å². The van der Waals surface area contributed by atoms with Gasteiger partial charge in [-0.3, -0.25) is 9.48 Å². The fourth-order valence-corrected chi connectivity index (χ4v) is 3.51. The summed E-state index contributed by atoms with van der Waals surface area (Å²) in [7, 11) is 1.83. The van der Waals surface area contributed by atoms with Crippen molar-refractivity contribution >= 4 is 17.5 Å². The number of aliphatic hydroxyl groups excluding tert-OH is 1. The van der Waals surface area contributed by atoms with Gasteiger partial charge in [0.05, 0.1) is 18.2 Å². The number of ether oxygens (including phenoxy) is 1. The molecule has 2 aromatic rings. The van der Waals surface area contributed by atoms with Crippen LogP contribution in [0.25, 0.3) is 0 Å². The molecule has 0 bridgehead atoms. The maximum absolute atomic E-state index is 13.9. The first kappa shape index (κ1) is 18.8. The van der Waals surface area contributed by atoms with Crippen LogP contribution in [-0.4, -0.2) is 33.9 Å². The Morgan fingerprint density at radius 3 is 3.00 bits per heavy atom. The molecule has 3 atom stereocenters. The van der Waals surface area contributed by atoms with E-state index in [9.17, 15) is 14.3 Å². The predicted molar refractivity (Wildman–Crippen MR) is 94.1 cm³/mol. The minimum atomic E-state index is -1.23. The number of aromatic nitrogens is 2. The molecule has 1 aliphatic heterocycles. The Bertz CT molecular complexity index is 791.